The van der Waals surface area contributed by atoms with Gasteiger partial charge in [0.2, 0.25) is 0 Å². The van der Waals surface area contributed by atoms with Crippen LogP contribution in [0.15, 0.2) is 6.20 Å². The number of aromatic amines is 1. The van der Waals surface area contributed by atoms with Crippen molar-refractivity contribution in [2.45, 2.75) is 0 Å². The first-order chi connectivity index (χ1) is 4.79. The van der Waals surface area contributed by atoms with Gasteiger partial charge in [-0.1, -0.05) is 0 Å². The lowest BCUT2D eigenvalue weighted by molar-refractivity contribution is -0.456. The average Bonchev–Trinajstić information content (AvgIpc) is 2.34. The lowest BCUT2D eigenvalue weighted by atomic mass is 10.5. The molecule has 0 radical (unpaired) electrons. The Bertz CT molecular complexity index is 249. The molecule has 4 heteroatoms. The molecule has 0 spiro atoms. The molecule has 1 N–H and O–H groups in total. The van der Waals surface area contributed by atoms with Crippen molar-refractivity contribution >= 4 is 11.9 Å². The summed E-state index contributed by atoms with van der Waals surface area (Å²) in [4.78, 5) is 0. The molecule has 0 fully saturated rings. The van der Waals surface area contributed by atoms with Gasteiger partial charge in [0.25, 0.3) is 0 Å². The summed E-state index contributed by atoms with van der Waals surface area (Å²) in [6.07, 6.45) is 3.39. The Labute approximate surface area is 58.9 Å². The van der Waals surface area contributed by atoms with Crippen molar-refractivity contribution in [3.8, 4) is 0 Å². The average molecular weight is 137 g/mol. The van der Waals surface area contributed by atoms with Crippen LogP contribution in [0.5, 0.6) is 0 Å². The molecular weight excluding hydrogens is 128 g/mol. The molecule has 0 amide bonds. The van der Waals surface area contributed by atoms with Gasteiger partial charge in [-0.25, -0.2) is 0 Å². The van der Waals surface area contributed by atoms with E-state index in [1.54, 1.807) is 12.3 Å². The molecule has 0 aliphatic heterocycles. The van der Waals surface area contributed by atoms with Gasteiger partial charge in [-0.2, -0.15) is 20.0 Å². The van der Waals surface area contributed by atoms with E-state index in [4.69, 9.17) is 0 Å². The first-order valence-electron chi connectivity index (χ1n) is 2.91. The van der Waals surface area contributed by atoms with Crippen molar-refractivity contribution in [3.05, 3.63) is 11.9 Å². The molecule has 0 aliphatic carbocycles. The second-order valence-corrected chi connectivity index (χ2v) is 2.06. The number of nitrogens with zero attached hydrogens (tertiary/aromatic N) is 3. The Morgan fingerprint density at radius 1 is 1.70 bits per heavy atom. The predicted octanol–water partition coefficient (Wildman–Crippen LogP) is -0.240. The summed E-state index contributed by atoms with van der Waals surface area (Å²) in [5.41, 5.74) is 0.786. The van der Waals surface area contributed by atoms with Gasteiger partial charge in [0.15, 0.2) is 5.87 Å². The molecule has 0 bridgehead atoms. The molecule has 4 nitrogen and oxygen atoms in total. The minimum atomic E-state index is 0.786. The molecule has 10 heavy (non-hydrogen) atoms. The van der Waals surface area contributed by atoms with Crippen LogP contribution in [-0.2, 0) is 0 Å². The molecule has 1 heterocycles. The molecule has 1 rings (SSSR count). The third-order valence-corrected chi connectivity index (χ3v) is 0.904. The van der Waals surface area contributed by atoms with Gasteiger partial charge in [0.1, 0.15) is 19.8 Å². The van der Waals surface area contributed by atoms with Crippen molar-refractivity contribution < 1.29 is 4.58 Å². The highest BCUT2D eigenvalue weighted by atomic mass is 15.3. The van der Waals surface area contributed by atoms with E-state index >= 15 is 0 Å². The Hall–Kier alpha value is -1.41. The quantitative estimate of drug-likeness (QED) is 0.429. The standard InChI is InChI=1S/C6H9N4/c1-10(2)4-3-6-5-7-9-8-6/h3,5H,1-2H3,(H,7,8,9)/q+1. The maximum absolute atomic E-state index is 3.81. The fourth-order valence-electron chi connectivity index (χ4n) is 0.475. The maximum Gasteiger partial charge on any atom is 0.169 e. The summed E-state index contributed by atoms with van der Waals surface area (Å²) in [6.45, 7) is 0. The molecular formula is C6H9N4+. The van der Waals surface area contributed by atoms with E-state index in [9.17, 15) is 0 Å². The third-order valence-electron chi connectivity index (χ3n) is 0.904. The van der Waals surface area contributed by atoms with Crippen molar-refractivity contribution in [2.24, 2.45) is 0 Å². The fraction of sp³-hybridized carbons (Fsp3) is 0.333. The first-order valence-corrected chi connectivity index (χ1v) is 2.91. The third kappa shape index (κ3) is 1.84. The zero-order valence-corrected chi connectivity index (χ0v) is 6.00. The predicted molar refractivity (Wildman–Crippen MR) is 38.0 cm³/mol. The van der Waals surface area contributed by atoms with E-state index in [1.165, 1.54) is 0 Å². The highest BCUT2D eigenvalue weighted by molar-refractivity contribution is 5.72. The summed E-state index contributed by atoms with van der Waals surface area (Å²) >= 11 is 0. The highest BCUT2D eigenvalue weighted by Crippen LogP contribution is 1.86. The van der Waals surface area contributed by atoms with Crippen LogP contribution in [0.3, 0.4) is 0 Å². The molecule has 0 aliphatic rings. The molecule has 0 aromatic carbocycles. The Morgan fingerprint density at radius 3 is 3.00 bits per heavy atom. The van der Waals surface area contributed by atoms with Crippen LogP contribution in [0.2, 0.25) is 0 Å². The van der Waals surface area contributed by atoms with Crippen LogP contribution in [0.25, 0.3) is 6.08 Å². The van der Waals surface area contributed by atoms with Gasteiger partial charge in [-0.3, -0.25) is 0 Å². The van der Waals surface area contributed by atoms with Gasteiger partial charge in [0.05, 0.1) is 12.3 Å². The largest absolute Gasteiger partial charge is 0.197 e. The Morgan fingerprint density at radius 2 is 2.50 bits per heavy atom. The van der Waals surface area contributed by atoms with Crippen LogP contribution in [0.4, 0.5) is 0 Å². The van der Waals surface area contributed by atoms with E-state index in [0.29, 0.717) is 0 Å². The summed E-state index contributed by atoms with van der Waals surface area (Å²) in [5.74, 6) is 2.93. The van der Waals surface area contributed by atoms with E-state index < -0.39 is 0 Å². The van der Waals surface area contributed by atoms with Crippen molar-refractivity contribution in [3.63, 3.8) is 0 Å². The van der Waals surface area contributed by atoms with E-state index in [-0.39, 0.29) is 0 Å². The number of aromatic nitrogens is 3. The Kier molecular flexibility index (Phi) is 1.97. The fourth-order valence-corrected chi connectivity index (χ4v) is 0.475. The van der Waals surface area contributed by atoms with Crippen molar-refractivity contribution in [1.29, 1.82) is 0 Å². The van der Waals surface area contributed by atoms with Crippen molar-refractivity contribution in [2.75, 3.05) is 14.1 Å². The molecule has 52 valence electrons. The monoisotopic (exact) mass is 137 g/mol. The Balaban J connectivity index is 2.83. The van der Waals surface area contributed by atoms with Crippen molar-refractivity contribution in [1.82, 2.24) is 15.4 Å². The normalized spacial score (nSPS) is 8.60. The van der Waals surface area contributed by atoms with Crippen LogP contribution >= 0.6 is 0 Å². The minimum Gasteiger partial charge on any atom is -0.197 e. The zero-order chi connectivity index (χ0) is 7.40. The minimum absolute atomic E-state index is 0.786. The summed E-state index contributed by atoms with van der Waals surface area (Å²) in [7, 11) is 3.80. The molecule has 1 aromatic rings. The van der Waals surface area contributed by atoms with E-state index in [0.717, 1.165) is 5.69 Å². The number of hydrogen-bond acceptors (Lipinski definition) is 2. The van der Waals surface area contributed by atoms with Gasteiger partial charge >= 0.3 is 0 Å². The molecule has 0 unspecified atom stereocenters. The molecule has 0 atom stereocenters. The number of nitrogens with one attached hydrogen (secondary N) is 1. The van der Waals surface area contributed by atoms with Gasteiger partial charge in [-0.15, -0.1) is 0 Å². The second-order valence-electron chi connectivity index (χ2n) is 2.06. The lowest BCUT2D eigenvalue weighted by Gasteiger charge is -1.72. The van der Waals surface area contributed by atoms with Gasteiger partial charge < -0.3 is 0 Å². The molecule has 0 saturated carbocycles. The van der Waals surface area contributed by atoms with Gasteiger partial charge in [-0.05, 0) is 0 Å². The SMILES string of the molecule is C[N+](C)=C=Cc1cn[nH]n1. The summed E-state index contributed by atoms with van der Waals surface area (Å²) in [5, 5.41) is 9.95. The number of rotatable bonds is 1. The zero-order valence-electron chi connectivity index (χ0n) is 6.00. The molecule has 1 aromatic heterocycles. The van der Waals surface area contributed by atoms with Gasteiger partial charge in [0, 0.05) is 0 Å². The lowest BCUT2D eigenvalue weighted by Crippen LogP contribution is -1.91. The number of hydrogen-bond donors (Lipinski definition) is 1. The molecule has 0 saturated heterocycles. The second kappa shape index (κ2) is 2.94. The van der Waals surface area contributed by atoms with E-state index in [1.807, 2.05) is 18.7 Å². The highest BCUT2D eigenvalue weighted by Gasteiger charge is 1.86. The topological polar surface area (TPSA) is 44.6 Å². The summed E-state index contributed by atoms with van der Waals surface area (Å²) < 4.78 is 1.81. The maximum atomic E-state index is 3.81. The van der Waals surface area contributed by atoms with Crippen LogP contribution in [0, 0.1) is 0 Å². The van der Waals surface area contributed by atoms with Crippen LogP contribution < -0.4 is 0 Å². The van der Waals surface area contributed by atoms with E-state index in [2.05, 4.69) is 21.3 Å². The van der Waals surface area contributed by atoms with Crippen LogP contribution in [-0.4, -0.2) is 40.0 Å². The summed E-state index contributed by atoms with van der Waals surface area (Å²) in [6, 6.07) is 0. The van der Waals surface area contributed by atoms with Crippen LogP contribution in [0.1, 0.15) is 5.69 Å². The smallest absolute Gasteiger partial charge is 0.169 e. The number of H-pyrrole nitrogens is 1. The first kappa shape index (κ1) is 6.71.